The zero-order valence-electron chi connectivity index (χ0n) is 11.6. The van der Waals surface area contributed by atoms with E-state index in [9.17, 15) is 9.90 Å². The van der Waals surface area contributed by atoms with Crippen molar-refractivity contribution in [2.75, 3.05) is 0 Å². The lowest BCUT2D eigenvalue weighted by Crippen LogP contribution is -2.10. The van der Waals surface area contributed by atoms with Crippen LogP contribution in [0.3, 0.4) is 0 Å². The number of thioether (sulfide) groups is 1. The average molecular weight is 318 g/mol. The second-order valence-electron chi connectivity index (χ2n) is 4.76. The van der Waals surface area contributed by atoms with E-state index in [2.05, 4.69) is 9.97 Å². The third kappa shape index (κ3) is 2.82. The van der Waals surface area contributed by atoms with Gasteiger partial charge in [-0.3, -0.25) is 4.79 Å². The maximum atomic E-state index is 12.2. The molecule has 2 heterocycles. The van der Waals surface area contributed by atoms with Gasteiger partial charge in [-0.05, 0) is 43.7 Å². The molecule has 0 radical (unpaired) electrons. The summed E-state index contributed by atoms with van der Waals surface area (Å²) in [5, 5.41) is 9.96. The number of aromatic nitrogens is 2. The number of aromatic hydroxyl groups is 1. The van der Waals surface area contributed by atoms with Crippen molar-refractivity contribution in [2.24, 2.45) is 0 Å². The van der Waals surface area contributed by atoms with Crippen molar-refractivity contribution in [3.63, 3.8) is 0 Å². The van der Waals surface area contributed by atoms with Gasteiger partial charge in [-0.15, -0.1) is 23.1 Å². The number of thiophene rings is 1. The van der Waals surface area contributed by atoms with Gasteiger partial charge in [-0.2, -0.15) is 0 Å². The highest BCUT2D eigenvalue weighted by Crippen LogP contribution is 2.27. The summed E-state index contributed by atoms with van der Waals surface area (Å²) in [6.45, 7) is 3.96. The molecule has 0 unspecified atom stereocenters. The van der Waals surface area contributed by atoms with E-state index < -0.39 is 0 Å². The van der Waals surface area contributed by atoms with Crippen molar-refractivity contribution in [1.29, 1.82) is 0 Å². The fourth-order valence-electron chi connectivity index (χ4n) is 2.06. The number of hydrogen-bond acceptors (Lipinski definition) is 5. The van der Waals surface area contributed by atoms with Crippen molar-refractivity contribution in [3.8, 4) is 5.75 Å². The van der Waals surface area contributed by atoms with E-state index in [1.807, 2.05) is 26.0 Å². The molecule has 21 heavy (non-hydrogen) atoms. The molecule has 6 heteroatoms. The first-order valence-corrected chi connectivity index (χ1v) is 8.25. The maximum absolute atomic E-state index is 12.2. The molecule has 0 aliphatic carbocycles. The first kappa shape index (κ1) is 14.2. The molecule has 0 aliphatic rings. The Hall–Kier alpha value is -1.79. The smallest absolute Gasteiger partial charge is 0.259 e. The number of benzene rings is 1. The number of hydrogen-bond donors (Lipinski definition) is 2. The summed E-state index contributed by atoms with van der Waals surface area (Å²) < 4.78 is 0. The van der Waals surface area contributed by atoms with Crippen LogP contribution in [0.25, 0.3) is 10.2 Å². The highest BCUT2D eigenvalue weighted by molar-refractivity contribution is 7.98. The van der Waals surface area contributed by atoms with Crippen LogP contribution in [0, 0.1) is 13.8 Å². The summed E-state index contributed by atoms with van der Waals surface area (Å²) in [4.78, 5) is 22.5. The van der Waals surface area contributed by atoms with E-state index in [0.29, 0.717) is 17.0 Å². The summed E-state index contributed by atoms with van der Waals surface area (Å²) in [5.41, 5.74) is 0.949. The number of phenols is 1. The number of nitrogens with one attached hydrogen (secondary N) is 1. The second kappa shape index (κ2) is 5.54. The van der Waals surface area contributed by atoms with Crippen LogP contribution < -0.4 is 5.56 Å². The van der Waals surface area contributed by atoms with Gasteiger partial charge in [0.15, 0.2) is 0 Å². The molecule has 0 spiro atoms. The molecule has 0 bridgehead atoms. The third-order valence-corrected chi connectivity index (χ3v) is 5.42. The Bertz CT molecular complexity index is 850. The van der Waals surface area contributed by atoms with Crippen LogP contribution in [0.5, 0.6) is 5.75 Å². The van der Waals surface area contributed by atoms with Gasteiger partial charge in [0.25, 0.3) is 5.56 Å². The molecular formula is C15H14N2O2S2. The minimum Gasteiger partial charge on any atom is -0.508 e. The van der Waals surface area contributed by atoms with Crippen LogP contribution in [0.15, 0.2) is 34.0 Å². The topological polar surface area (TPSA) is 66.0 Å². The quantitative estimate of drug-likeness (QED) is 0.724. The molecule has 0 saturated carbocycles. The molecule has 1 aromatic carbocycles. The molecule has 4 nitrogen and oxygen atoms in total. The summed E-state index contributed by atoms with van der Waals surface area (Å²) in [7, 11) is 0. The predicted molar refractivity (Wildman–Crippen MR) is 87.4 cm³/mol. The molecule has 2 N–H and O–H groups in total. The summed E-state index contributed by atoms with van der Waals surface area (Å²) >= 11 is 3.13. The van der Waals surface area contributed by atoms with Gasteiger partial charge in [0.05, 0.1) is 11.1 Å². The number of fused-ring (bicyclic) bond motifs is 1. The van der Waals surface area contributed by atoms with Crippen LogP contribution >= 0.6 is 23.1 Å². The fraction of sp³-hybridized carbons (Fsp3) is 0.200. The number of nitrogens with zero attached hydrogens (tertiary/aromatic N) is 1. The van der Waals surface area contributed by atoms with Gasteiger partial charge in [0.2, 0.25) is 0 Å². The van der Waals surface area contributed by atoms with E-state index in [1.54, 1.807) is 35.2 Å². The number of aryl methyl sites for hydroxylation is 2. The normalized spacial score (nSPS) is 11.1. The van der Waals surface area contributed by atoms with E-state index in [4.69, 9.17) is 0 Å². The minimum atomic E-state index is -0.0665. The lowest BCUT2D eigenvalue weighted by molar-refractivity contribution is 0.475. The van der Waals surface area contributed by atoms with E-state index >= 15 is 0 Å². The Morgan fingerprint density at radius 2 is 2.00 bits per heavy atom. The van der Waals surface area contributed by atoms with Crippen LogP contribution in [0.4, 0.5) is 0 Å². The zero-order chi connectivity index (χ0) is 15.0. The van der Waals surface area contributed by atoms with Crippen molar-refractivity contribution >= 4 is 33.3 Å². The van der Waals surface area contributed by atoms with Crippen LogP contribution in [0.1, 0.15) is 16.3 Å². The van der Waals surface area contributed by atoms with E-state index in [0.717, 1.165) is 20.2 Å². The molecule has 108 valence electrons. The minimum absolute atomic E-state index is 0.0665. The Labute approximate surface area is 129 Å². The number of H-pyrrole nitrogens is 1. The summed E-state index contributed by atoms with van der Waals surface area (Å²) in [6.07, 6.45) is 0. The molecular weight excluding hydrogens is 304 g/mol. The number of rotatable bonds is 3. The Morgan fingerprint density at radius 1 is 1.29 bits per heavy atom. The molecule has 3 aromatic rings. The van der Waals surface area contributed by atoms with Crippen LogP contribution in [0.2, 0.25) is 0 Å². The number of aromatic amines is 1. The van der Waals surface area contributed by atoms with Gasteiger partial charge in [0.1, 0.15) is 16.4 Å². The zero-order valence-corrected chi connectivity index (χ0v) is 13.3. The van der Waals surface area contributed by atoms with Gasteiger partial charge in [-0.1, -0.05) is 0 Å². The third-order valence-electron chi connectivity index (χ3n) is 3.30. The number of phenolic OH excluding ortho intramolecular Hbond substituents is 1. The van der Waals surface area contributed by atoms with Gasteiger partial charge in [0, 0.05) is 9.77 Å². The first-order chi connectivity index (χ1) is 10.0. The Morgan fingerprint density at radius 3 is 2.71 bits per heavy atom. The lowest BCUT2D eigenvalue weighted by Gasteiger charge is -2.02. The highest BCUT2D eigenvalue weighted by atomic mass is 32.2. The standard InChI is InChI=1S/C15H14N2O2S2/c1-8-9(2)21-15-13(8)14(19)16-12(17-15)7-20-11-5-3-10(18)4-6-11/h3-6,18H,7H2,1-2H3,(H,16,17,19). The Kier molecular flexibility index (Phi) is 3.73. The Balaban J connectivity index is 1.88. The van der Waals surface area contributed by atoms with Crippen molar-refractivity contribution < 1.29 is 5.11 Å². The molecule has 0 saturated heterocycles. The monoisotopic (exact) mass is 318 g/mol. The molecule has 2 aromatic heterocycles. The van der Waals surface area contributed by atoms with E-state index in [1.165, 1.54) is 0 Å². The lowest BCUT2D eigenvalue weighted by atomic mass is 10.2. The van der Waals surface area contributed by atoms with Gasteiger partial charge in [-0.25, -0.2) is 4.98 Å². The predicted octanol–water partition coefficient (Wildman–Crippen LogP) is 3.60. The van der Waals surface area contributed by atoms with Crippen molar-refractivity contribution in [3.05, 3.63) is 50.9 Å². The molecule has 3 rings (SSSR count). The van der Waals surface area contributed by atoms with E-state index in [-0.39, 0.29) is 11.3 Å². The SMILES string of the molecule is Cc1sc2nc(CSc3ccc(O)cc3)[nH]c(=O)c2c1C. The largest absolute Gasteiger partial charge is 0.508 e. The summed E-state index contributed by atoms with van der Waals surface area (Å²) in [6, 6.07) is 6.98. The van der Waals surface area contributed by atoms with Gasteiger partial charge < -0.3 is 10.1 Å². The highest BCUT2D eigenvalue weighted by Gasteiger charge is 2.11. The summed E-state index contributed by atoms with van der Waals surface area (Å²) in [5.74, 6) is 1.51. The fourth-order valence-corrected chi connectivity index (χ4v) is 3.88. The van der Waals surface area contributed by atoms with Gasteiger partial charge >= 0.3 is 0 Å². The maximum Gasteiger partial charge on any atom is 0.259 e. The molecule has 0 aliphatic heterocycles. The van der Waals surface area contributed by atoms with Crippen LogP contribution in [-0.4, -0.2) is 15.1 Å². The van der Waals surface area contributed by atoms with Crippen molar-refractivity contribution in [2.45, 2.75) is 24.5 Å². The van der Waals surface area contributed by atoms with Crippen LogP contribution in [-0.2, 0) is 5.75 Å². The average Bonchev–Trinajstić information content (AvgIpc) is 2.74. The first-order valence-electron chi connectivity index (χ1n) is 6.45. The molecule has 0 amide bonds. The second-order valence-corrected chi connectivity index (χ2v) is 7.01. The molecule has 0 atom stereocenters. The van der Waals surface area contributed by atoms with Crippen molar-refractivity contribution in [1.82, 2.24) is 9.97 Å². The molecule has 0 fully saturated rings.